The van der Waals surface area contributed by atoms with Crippen molar-refractivity contribution in [1.82, 2.24) is 29.5 Å². The van der Waals surface area contributed by atoms with E-state index in [1.807, 2.05) is 66.2 Å². The van der Waals surface area contributed by atoms with E-state index in [-0.39, 0.29) is 61.2 Å². The van der Waals surface area contributed by atoms with Crippen LogP contribution in [0, 0.1) is 0 Å². The Kier molecular flexibility index (Phi) is 14.4. The van der Waals surface area contributed by atoms with Crippen LogP contribution in [0.25, 0.3) is 22.3 Å². The van der Waals surface area contributed by atoms with E-state index in [4.69, 9.17) is 25.0 Å². The average molecular weight is 845 g/mol. The van der Waals surface area contributed by atoms with Gasteiger partial charge in [-0.25, -0.2) is 14.6 Å². The predicted octanol–water partition coefficient (Wildman–Crippen LogP) is 6.27. The summed E-state index contributed by atoms with van der Waals surface area (Å²) in [5.41, 5.74) is 9.28. The van der Waals surface area contributed by atoms with Crippen molar-refractivity contribution in [1.29, 1.82) is 0 Å². The number of anilines is 2. The number of rotatable bonds is 21. The van der Waals surface area contributed by atoms with Gasteiger partial charge < -0.3 is 35.0 Å². The zero-order chi connectivity index (χ0) is 43.6. The van der Waals surface area contributed by atoms with Crippen molar-refractivity contribution in [3.8, 4) is 22.8 Å². The molecule has 0 radical (unpaired) electrons. The third-order valence-corrected chi connectivity index (χ3v) is 11.1. The van der Waals surface area contributed by atoms with Crippen LogP contribution in [0.1, 0.15) is 85.6 Å². The number of hydrogen-bond acceptors (Lipinski definition) is 13. The average Bonchev–Trinajstić information content (AvgIpc) is 3.78. The van der Waals surface area contributed by atoms with Gasteiger partial charge in [0.05, 0.1) is 48.4 Å². The summed E-state index contributed by atoms with van der Waals surface area (Å²) >= 11 is 0. The number of nitrogens with one attached hydrogen (secondary N) is 1. The molecule has 2 aliphatic heterocycles. The summed E-state index contributed by atoms with van der Waals surface area (Å²) in [4.78, 5) is 76.3. The van der Waals surface area contributed by atoms with E-state index in [1.165, 1.54) is 31.5 Å². The third-order valence-electron chi connectivity index (χ3n) is 11.1. The van der Waals surface area contributed by atoms with Crippen LogP contribution in [0.5, 0.6) is 11.5 Å². The number of nitrogen functional groups attached to an aromatic ring is 1. The number of ketones is 2. The number of nitrogens with two attached hydrogens (primary N) is 1. The molecule has 3 N–H and O–H groups in total. The second-order valence-corrected chi connectivity index (χ2v) is 15.5. The largest absolute Gasteiger partial charge is 0.457 e. The van der Waals surface area contributed by atoms with Gasteiger partial charge in [-0.2, -0.15) is 5.10 Å². The molecule has 1 saturated heterocycles. The highest BCUT2D eigenvalue weighted by molar-refractivity contribution is 6.23. The van der Waals surface area contributed by atoms with Gasteiger partial charge in [-0.05, 0) is 87.2 Å². The quantitative estimate of drug-likeness (QED) is 0.0619. The molecular formula is C46H52N8O8. The number of carbonyl (C=O) groups excluding carboxylic acids is 5. The minimum atomic E-state index is -1.02. The first-order valence-electron chi connectivity index (χ1n) is 21.1. The number of fused-ring (bicyclic) bond motifs is 2. The maximum absolute atomic E-state index is 13.4. The van der Waals surface area contributed by atoms with E-state index >= 15 is 0 Å². The van der Waals surface area contributed by atoms with Crippen LogP contribution in [0.2, 0.25) is 0 Å². The Balaban J connectivity index is 0.829. The number of carbonyl (C=O) groups is 5. The zero-order valence-corrected chi connectivity index (χ0v) is 35.1. The Bertz CT molecular complexity index is 2400. The SMILES string of the molecule is CCCCC(=O)C(CCC(C)=O)N1C(=O)c2ccc(NC(=O)COCCOCCN3CCC(n4nc(-c5ccc(Oc6ccccc6)cc5)c5c(N)ncnc54)CC3)cc2C1=O. The first-order chi connectivity index (χ1) is 30.1. The van der Waals surface area contributed by atoms with E-state index < -0.39 is 23.8 Å². The first kappa shape index (κ1) is 43.7. The highest BCUT2D eigenvalue weighted by atomic mass is 16.5. The molecule has 0 spiro atoms. The lowest BCUT2D eigenvalue weighted by Gasteiger charge is -2.32. The van der Waals surface area contributed by atoms with Gasteiger partial charge in [-0.1, -0.05) is 31.5 Å². The molecule has 7 rings (SSSR count). The molecule has 0 bridgehead atoms. The fourth-order valence-corrected chi connectivity index (χ4v) is 7.83. The van der Waals surface area contributed by atoms with E-state index in [0.717, 1.165) is 66.2 Å². The number of piperidine rings is 1. The molecule has 5 aromatic rings. The molecular weight excluding hydrogens is 793 g/mol. The van der Waals surface area contributed by atoms with Crippen molar-refractivity contribution in [2.45, 2.75) is 70.9 Å². The minimum Gasteiger partial charge on any atom is -0.457 e. The third kappa shape index (κ3) is 10.4. The maximum Gasteiger partial charge on any atom is 0.262 e. The molecule has 0 saturated carbocycles. The predicted molar refractivity (Wildman–Crippen MR) is 232 cm³/mol. The lowest BCUT2D eigenvalue weighted by Crippen LogP contribution is -2.45. The summed E-state index contributed by atoms with van der Waals surface area (Å²) in [5, 5.41) is 8.47. The van der Waals surface area contributed by atoms with Crippen molar-refractivity contribution in [3.05, 3.63) is 90.3 Å². The van der Waals surface area contributed by atoms with E-state index in [1.54, 1.807) is 0 Å². The number of para-hydroxylation sites is 1. The number of amides is 3. The van der Waals surface area contributed by atoms with Crippen LogP contribution in [0.4, 0.5) is 11.5 Å². The molecule has 2 aliphatic rings. The fraction of sp³-hybridized carbons (Fsp3) is 0.391. The molecule has 16 nitrogen and oxygen atoms in total. The summed E-state index contributed by atoms with van der Waals surface area (Å²) < 4.78 is 19.3. The van der Waals surface area contributed by atoms with Crippen molar-refractivity contribution in [3.63, 3.8) is 0 Å². The molecule has 16 heteroatoms. The molecule has 0 aliphatic carbocycles. The van der Waals surface area contributed by atoms with Crippen LogP contribution in [0.3, 0.4) is 0 Å². The second-order valence-electron chi connectivity index (χ2n) is 15.5. The number of benzene rings is 3. The molecule has 2 aromatic heterocycles. The van der Waals surface area contributed by atoms with Gasteiger partial charge in [-0.15, -0.1) is 0 Å². The van der Waals surface area contributed by atoms with Crippen LogP contribution in [0.15, 0.2) is 79.1 Å². The summed E-state index contributed by atoms with van der Waals surface area (Å²) in [6.07, 6.45) is 4.98. The number of nitrogens with zero attached hydrogens (tertiary/aromatic N) is 6. The number of ether oxygens (including phenoxy) is 3. The Morgan fingerprint density at radius 3 is 2.34 bits per heavy atom. The van der Waals surface area contributed by atoms with E-state index in [2.05, 4.69) is 20.2 Å². The summed E-state index contributed by atoms with van der Waals surface area (Å²) in [6.45, 7) is 6.58. The molecule has 4 heterocycles. The monoisotopic (exact) mass is 844 g/mol. The molecule has 3 amide bonds. The van der Waals surface area contributed by atoms with Crippen molar-refractivity contribution < 1.29 is 38.2 Å². The highest BCUT2D eigenvalue weighted by Gasteiger charge is 2.42. The van der Waals surface area contributed by atoms with Crippen LogP contribution in [-0.2, 0) is 23.9 Å². The van der Waals surface area contributed by atoms with Crippen molar-refractivity contribution in [2.24, 2.45) is 0 Å². The summed E-state index contributed by atoms with van der Waals surface area (Å²) in [5.74, 6) is -0.156. The van der Waals surface area contributed by atoms with E-state index in [0.29, 0.717) is 42.5 Å². The fourth-order valence-electron chi connectivity index (χ4n) is 7.83. The lowest BCUT2D eigenvalue weighted by atomic mass is 9.99. The standard InChI is InChI=1S/C46H52N8O8/c1-3-4-10-39(56)38(18-11-30(2)55)53-45(58)36-17-14-32(27-37(36)46(53)59)50-40(57)28-61-26-25-60-24-23-52-21-19-33(20-22-52)54-44-41(43(47)48-29-49-44)42(51-54)31-12-15-35(16-13-31)62-34-8-6-5-7-9-34/h5-9,12-17,27,29,33,38H,3-4,10-11,18-26,28H2,1-2H3,(H,50,57)(H2,47,48,49). The number of Topliss-reactive ketones (excluding diaryl/α,β-unsaturated/α-hetero) is 2. The zero-order valence-electron chi connectivity index (χ0n) is 35.1. The molecule has 1 unspecified atom stereocenters. The first-order valence-corrected chi connectivity index (χ1v) is 21.1. The Morgan fingerprint density at radius 1 is 0.871 bits per heavy atom. The van der Waals surface area contributed by atoms with Gasteiger partial charge in [0.25, 0.3) is 11.8 Å². The number of unbranched alkanes of at least 4 members (excludes halogenated alkanes) is 1. The number of aromatic nitrogens is 4. The van der Waals surface area contributed by atoms with Crippen molar-refractivity contribution >= 4 is 51.8 Å². The molecule has 62 heavy (non-hydrogen) atoms. The van der Waals surface area contributed by atoms with Gasteiger partial charge in [-0.3, -0.25) is 24.1 Å². The number of likely N-dealkylation sites (tertiary alicyclic amines) is 1. The van der Waals surface area contributed by atoms with Crippen LogP contribution >= 0.6 is 0 Å². The van der Waals surface area contributed by atoms with Gasteiger partial charge in [0.1, 0.15) is 41.7 Å². The highest BCUT2D eigenvalue weighted by Crippen LogP contribution is 2.35. The molecule has 1 fully saturated rings. The van der Waals surface area contributed by atoms with Gasteiger partial charge in [0.15, 0.2) is 11.4 Å². The smallest absolute Gasteiger partial charge is 0.262 e. The van der Waals surface area contributed by atoms with Crippen LogP contribution in [-0.4, -0.2) is 111 Å². The van der Waals surface area contributed by atoms with Crippen LogP contribution < -0.4 is 15.8 Å². The topological polar surface area (TPSA) is 201 Å². The summed E-state index contributed by atoms with van der Waals surface area (Å²) in [6, 6.07) is 20.9. The van der Waals surface area contributed by atoms with Gasteiger partial charge in [0, 0.05) is 43.7 Å². The number of imide groups is 1. The minimum absolute atomic E-state index is 0.0756. The lowest BCUT2D eigenvalue weighted by molar-refractivity contribution is -0.124. The molecule has 324 valence electrons. The van der Waals surface area contributed by atoms with Gasteiger partial charge >= 0.3 is 0 Å². The Labute approximate surface area is 359 Å². The van der Waals surface area contributed by atoms with Gasteiger partial charge in [0.2, 0.25) is 5.91 Å². The second kappa shape index (κ2) is 20.5. The normalized spacial score (nSPS) is 14.9. The maximum atomic E-state index is 13.4. The Morgan fingerprint density at radius 2 is 1.60 bits per heavy atom. The molecule has 3 aromatic carbocycles. The van der Waals surface area contributed by atoms with Crippen molar-refractivity contribution in [2.75, 3.05) is 57.1 Å². The Hall–Kier alpha value is -6.36. The van der Waals surface area contributed by atoms with E-state index in [9.17, 15) is 24.0 Å². The summed E-state index contributed by atoms with van der Waals surface area (Å²) in [7, 11) is 0. The molecule has 1 atom stereocenters. The number of hydrogen-bond donors (Lipinski definition) is 2.